The number of carbonyl (C=O) groups is 1. The summed E-state index contributed by atoms with van der Waals surface area (Å²) < 4.78 is 1.07. The number of carbonyl (C=O) groups excluding carboxylic acids is 1. The van der Waals surface area contributed by atoms with E-state index in [2.05, 4.69) is 27.3 Å². The van der Waals surface area contributed by atoms with Gasteiger partial charge in [0.1, 0.15) is 0 Å². The number of likely N-dealkylation sites (N-methyl/N-ethyl adjacent to an activating group) is 1. The molecular weight excluding hydrogens is 306 g/mol. The number of nitrogens with one attached hydrogen (secondary N) is 1. The molecule has 2 amide bonds. The molecular formula is C14H20BrN3O. The molecule has 1 saturated heterocycles. The Hall–Kier alpha value is -1.07. The third-order valence-corrected chi connectivity index (χ3v) is 4.27. The zero-order valence-electron chi connectivity index (χ0n) is 11.4. The molecule has 1 aliphatic rings. The zero-order chi connectivity index (χ0) is 13.8. The van der Waals surface area contributed by atoms with Gasteiger partial charge in [0.2, 0.25) is 0 Å². The van der Waals surface area contributed by atoms with E-state index >= 15 is 0 Å². The Morgan fingerprint density at radius 1 is 1.42 bits per heavy atom. The number of benzene rings is 1. The van der Waals surface area contributed by atoms with Gasteiger partial charge in [-0.25, -0.2) is 4.79 Å². The Bertz CT molecular complexity index is 452. The monoisotopic (exact) mass is 325 g/mol. The Morgan fingerprint density at radius 3 is 2.84 bits per heavy atom. The maximum absolute atomic E-state index is 12.2. The molecule has 1 aromatic carbocycles. The van der Waals surface area contributed by atoms with Crippen LogP contribution in [0.25, 0.3) is 0 Å². The van der Waals surface area contributed by atoms with Gasteiger partial charge in [0.15, 0.2) is 0 Å². The van der Waals surface area contributed by atoms with Gasteiger partial charge >= 0.3 is 6.03 Å². The molecule has 1 heterocycles. The molecule has 1 N–H and O–H groups in total. The summed E-state index contributed by atoms with van der Waals surface area (Å²) in [5.41, 5.74) is 1.18. The molecule has 0 aromatic heterocycles. The minimum Gasteiger partial charge on any atom is -0.322 e. The van der Waals surface area contributed by atoms with Crippen LogP contribution in [0.3, 0.4) is 0 Å². The lowest BCUT2D eigenvalue weighted by molar-refractivity contribution is 0.195. The molecule has 19 heavy (non-hydrogen) atoms. The van der Waals surface area contributed by atoms with Gasteiger partial charge in [0.05, 0.1) is 6.04 Å². The molecule has 0 spiro atoms. The van der Waals surface area contributed by atoms with Crippen molar-refractivity contribution in [2.75, 3.05) is 33.7 Å². The fourth-order valence-electron chi connectivity index (χ4n) is 2.45. The average molecular weight is 326 g/mol. The van der Waals surface area contributed by atoms with E-state index in [1.807, 2.05) is 42.1 Å². The molecule has 1 aromatic rings. The highest BCUT2D eigenvalue weighted by Gasteiger charge is 2.35. The summed E-state index contributed by atoms with van der Waals surface area (Å²) in [7, 11) is 3.81. The quantitative estimate of drug-likeness (QED) is 0.844. The van der Waals surface area contributed by atoms with Crippen LogP contribution < -0.4 is 5.32 Å². The molecule has 1 unspecified atom stereocenters. The zero-order valence-corrected chi connectivity index (χ0v) is 13.0. The molecule has 1 fully saturated rings. The first-order valence-electron chi connectivity index (χ1n) is 6.56. The van der Waals surface area contributed by atoms with Gasteiger partial charge in [-0.05, 0) is 31.6 Å². The molecule has 2 rings (SSSR count). The van der Waals surface area contributed by atoms with E-state index < -0.39 is 0 Å². The summed E-state index contributed by atoms with van der Waals surface area (Å²) in [6.07, 6.45) is 0.985. The molecule has 1 atom stereocenters. The van der Waals surface area contributed by atoms with Gasteiger partial charge in [0, 0.05) is 24.6 Å². The lowest BCUT2D eigenvalue weighted by Crippen LogP contribution is -2.31. The van der Waals surface area contributed by atoms with E-state index in [1.165, 1.54) is 5.56 Å². The van der Waals surface area contributed by atoms with Crippen molar-refractivity contribution in [3.05, 3.63) is 34.3 Å². The van der Waals surface area contributed by atoms with Crippen LogP contribution in [0.2, 0.25) is 0 Å². The second-order valence-corrected chi connectivity index (χ2v) is 5.69. The highest BCUT2D eigenvalue weighted by molar-refractivity contribution is 9.10. The maximum atomic E-state index is 12.2. The lowest BCUT2D eigenvalue weighted by Gasteiger charge is -2.19. The number of amides is 2. The SMILES string of the molecule is CNCCCN1CC(c2ccccc2Br)N(C)C1=O. The van der Waals surface area contributed by atoms with Crippen molar-refractivity contribution >= 4 is 22.0 Å². The predicted octanol–water partition coefficient (Wildman–Crippen LogP) is 2.47. The molecule has 0 radical (unpaired) electrons. The van der Waals surface area contributed by atoms with Gasteiger partial charge in [-0.15, -0.1) is 0 Å². The van der Waals surface area contributed by atoms with Crippen LogP contribution in [-0.2, 0) is 0 Å². The van der Waals surface area contributed by atoms with Gasteiger partial charge in [-0.2, -0.15) is 0 Å². The summed E-state index contributed by atoms with van der Waals surface area (Å²) in [4.78, 5) is 16.0. The molecule has 5 heteroatoms. The van der Waals surface area contributed by atoms with Gasteiger partial charge in [-0.3, -0.25) is 0 Å². The molecule has 1 aliphatic heterocycles. The third-order valence-electron chi connectivity index (χ3n) is 3.55. The van der Waals surface area contributed by atoms with E-state index in [1.54, 1.807) is 0 Å². The summed E-state index contributed by atoms with van der Waals surface area (Å²) in [5, 5.41) is 3.11. The van der Waals surface area contributed by atoms with Crippen LogP contribution in [0, 0.1) is 0 Å². The van der Waals surface area contributed by atoms with Crippen molar-refractivity contribution < 1.29 is 4.79 Å². The van der Waals surface area contributed by atoms with Crippen LogP contribution in [-0.4, -0.2) is 49.6 Å². The maximum Gasteiger partial charge on any atom is 0.320 e. The summed E-state index contributed by atoms with van der Waals surface area (Å²) >= 11 is 3.57. The first kappa shape index (κ1) is 14.3. The second-order valence-electron chi connectivity index (χ2n) is 4.83. The Balaban J connectivity index is 2.08. The lowest BCUT2D eigenvalue weighted by atomic mass is 10.1. The first-order valence-corrected chi connectivity index (χ1v) is 7.35. The number of hydrogen-bond donors (Lipinski definition) is 1. The average Bonchev–Trinajstić information content (AvgIpc) is 2.68. The van der Waals surface area contributed by atoms with E-state index in [9.17, 15) is 4.79 Å². The molecule has 0 saturated carbocycles. The van der Waals surface area contributed by atoms with Crippen molar-refractivity contribution in [1.29, 1.82) is 0 Å². The Kier molecular flexibility index (Phi) is 4.82. The number of hydrogen-bond acceptors (Lipinski definition) is 2. The van der Waals surface area contributed by atoms with E-state index in [4.69, 9.17) is 0 Å². The second kappa shape index (κ2) is 6.39. The largest absolute Gasteiger partial charge is 0.322 e. The molecule has 0 bridgehead atoms. The van der Waals surface area contributed by atoms with Gasteiger partial charge in [-0.1, -0.05) is 34.1 Å². The molecule has 0 aliphatic carbocycles. The van der Waals surface area contributed by atoms with Crippen LogP contribution >= 0.6 is 15.9 Å². The molecule has 4 nitrogen and oxygen atoms in total. The van der Waals surface area contributed by atoms with Crippen molar-refractivity contribution in [3.63, 3.8) is 0 Å². The summed E-state index contributed by atoms with van der Waals surface area (Å²) in [6, 6.07) is 8.37. The van der Waals surface area contributed by atoms with E-state index in [-0.39, 0.29) is 12.1 Å². The van der Waals surface area contributed by atoms with Gasteiger partial charge < -0.3 is 15.1 Å². The number of nitrogens with zero attached hydrogens (tertiary/aromatic N) is 2. The normalized spacial score (nSPS) is 19.3. The standard InChI is InChI=1S/C14H20BrN3O/c1-16-8-5-9-18-10-13(17(2)14(18)19)11-6-3-4-7-12(11)15/h3-4,6-7,13,16H,5,8-10H2,1-2H3. The number of rotatable bonds is 5. The third kappa shape index (κ3) is 3.09. The van der Waals surface area contributed by atoms with Crippen molar-refractivity contribution in [1.82, 2.24) is 15.1 Å². The minimum absolute atomic E-state index is 0.122. The van der Waals surface area contributed by atoms with Crippen LogP contribution in [0.4, 0.5) is 4.79 Å². The van der Waals surface area contributed by atoms with E-state index in [0.29, 0.717) is 0 Å². The molecule has 104 valence electrons. The number of urea groups is 1. The Morgan fingerprint density at radius 2 is 2.16 bits per heavy atom. The highest BCUT2D eigenvalue weighted by Crippen LogP contribution is 2.32. The fourth-order valence-corrected chi connectivity index (χ4v) is 3.00. The number of halogens is 1. The van der Waals surface area contributed by atoms with Crippen LogP contribution in [0.1, 0.15) is 18.0 Å². The van der Waals surface area contributed by atoms with Crippen molar-refractivity contribution in [2.45, 2.75) is 12.5 Å². The summed E-state index contributed by atoms with van der Waals surface area (Å²) in [6.45, 7) is 2.51. The fraction of sp³-hybridized carbons (Fsp3) is 0.500. The van der Waals surface area contributed by atoms with Crippen molar-refractivity contribution in [3.8, 4) is 0 Å². The van der Waals surface area contributed by atoms with E-state index in [0.717, 1.165) is 30.5 Å². The van der Waals surface area contributed by atoms with Crippen molar-refractivity contribution in [2.24, 2.45) is 0 Å². The van der Waals surface area contributed by atoms with Crippen LogP contribution in [0.15, 0.2) is 28.7 Å². The first-order chi connectivity index (χ1) is 9.15. The van der Waals surface area contributed by atoms with Gasteiger partial charge in [0.25, 0.3) is 0 Å². The Labute approximate surface area is 122 Å². The summed E-state index contributed by atoms with van der Waals surface area (Å²) in [5.74, 6) is 0. The minimum atomic E-state index is 0.122. The highest BCUT2D eigenvalue weighted by atomic mass is 79.9. The predicted molar refractivity (Wildman–Crippen MR) is 80.2 cm³/mol. The topological polar surface area (TPSA) is 35.6 Å². The smallest absolute Gasteiger partial charge is 0.320 e. The van der Waals surface area contributed by atoms with Crippen LogP contribution in [0.5, 0.6) is 0 Å².